The van der Waals surface area contributed by atoms with E-state index in [-0.39, 0.29) is 36.2 Å². The average molecular weight is 841 g/mol. The van der Waals surface area contributed by atoms with Crippen molar-refractivity contribution < 1.29 is 38.2 Å². The van der Waals surface area contributed by atoms with Gasteiger partial charge in [-0.25, -0.2) is 4.79 Å². The van der Waals surface area contributed by atoms with Gasteiger partial charge in [-0.1, -0.05) is 177 Å². The quantitative estimate of drug-likeness (QED) is 0.0215. The van der Waals surface area contributed by atoms with Crippen LogP contribution >= 0.6 is 0 Å². The van der Waals surface area contributed by atoms with Crippen LogP contribution in [0.5, 0.6) is 0 Å². The molecule has 2 unspecified atom stereocenters. The summed E-state index contributed by atoms with van der Waals surface area (Å²) in [5.74, 6) is -1.49. The van der Waals surface area contributed by atoms with E-state index in [1.54, 1.807) is 0 Å². The van der Waals surface area contributed by atoms with E-state index in [2.05, 4.69) is 86.8 Å². The van der Waals surface area contributed by atoms with Crippen molar-refractivity contribution >= 4 is 17.9 Å². The molecule has 0 aromatic carbocycles. The van der Waals surface area contributed by atoms with E-state index in [9.17, 15) is 19.5 Å². The summed E-state index contributed by atoms with van der Waals surface area (Å²) in [6.45, 7) is 4.48. The second kappa shape index (κ2) is 42.5. The number of hydrogen-bond acceptors (Lipinski definition) is 6. The van der Waals surface area contributed by atoms with Crippen molar-refractivity contribution in [1.82, 2.24) is 0 Å². The van der Waals surface area contributed by atoms with Gasteiger partial charge in [-0.15, -0.1) is 0 Å². The van der Waals surface area contributed by atoms with E-state index >= 15 is 0 Å². The third-order valence-electron chi connectivity index (χ3n) is 10.4. The van der Waals surface area contributed by atoms with Crippen LogP contribution in [-0.4, -0.2) is 80.6 Å². The van der Waals surface area contributed by atoms with Crippen molar-refractivity contribution in [1.29, 1.82) is 0 Å². The Labute approximate surface area is 368 Å². The first kappa shape index (κ1) is 56.8. The lowest BCUT2D eigenvalue weighted by atomic mass is 10.0. The van der Waals surface area contributed by atoms with Crippen LogP contribution in [0, 0.1) is 0 Å². The first-order valence-electron chi connectivity index (χ1n) is 24.0. The van der Waals surface area contributed by atoms with Gasteiger partial charge >= 0.3 is 17.9 Å². The average Bonchev–Trinajstić information content (AvgIpc) is 3.21. The predicted octanol–water partition coefficient (Wildman–Crippen LogP) is 13.5. The topological polar surface area (TPSA) is 99.1 Å². The van der Waals surface area contributed by atoms with Crippen LogP contribution in [-0.2, 0) is 28.6 Å². The van der Waals surface area contributed by atoms with Crippen molar-refractivity contribution in [2.45, 2.75) is 199 Å². The summed E-state index contributed by atoms with van der Waals surface area (Å²) >= 11 is 0. The zero-order valence-corrected chi connectivity index (χ0v) is 39.1. The second-order valence-electron chi connectivity index (χ2n) is 17.0. The molecule has 8 heteroatoms. The summed E-state index contributed by atoms with van der Waals surface area (Å²) in [5.41, 5.74) is 0. The van der Waals surface area contributed by atoms with E-state index in [1.807, 2.05) is 21.1 Å². The fourth-order valence-corrected chi connectivity index (χ4v) is 6.75. The smallest absolute Gasteiger partial charge is 0.362 e. The SMILES string of the molecule is CC/C=C/C=C/C=C/CCCCCCCCCC(=O)OCC(COCCC(C(=O)O)[N+](C)(C)C)OC(=O)CCCCCCCCCCCCC/C=C/C/C=C/C/C=C/CC. The van der Waals surface area contributed by atoms with Gasteiger partial charge < -0.3 is 23.8 Å². The molecule has 0 radical (unpaired) electrons. The summed E-state index contributed by atoms with van der Waals surface area (Å²) in [7, 11) is 5.52. The van der Waals surface area contributed by atoms with E-state index in [0.29, 0.717) is 19.3 Å². The number of carboxylic acid groups (broad SMARTS) is 1. The van der Waals surface area contributed by atoms with E-state index in [4.69, 9.17) is 14.2 Å². The van der Waals surface area contributed by atoms with Crippen LogP contribution in [0.3, 0.4) is 0 Å². The Morgan fingerprint density at radius 2 is 0.967 bits per heavy atom. The minimum atomic E-state index is -0.879. The Morgan fingerprint density at radius 3 is 1.48 bits per heavy atom. The van der Waals surface area contributed by atoms with Gasteiger partial charge in [0.2, 0.25) is 0 Å². The van der Waals surface area contributed by atoms with Crippen LogP contribution in [0.2, 0.25) is 0 Å². The number of hydrogen-bond donors (Lipinski definition) is 1. The highest BCUT2D eigenvalue weighted by molar-refractivity contribution is 5.72. The van der Waals surface area contributed by atoms with Crippen molar-refractivity contribution in [3.63, 3.8) is 0 Å². The molecule has 1 N–H and O–H groups in total. The summed E-state index contributed by atoms with van der Waals surface area (Å²) < 4.78 is 17.3. The zero-order chi connectivity index (χ0) is 44.2. The lowest BCUT2D eigenvalue weighted by Gasteiger charge is -2.31. The molecule has 0 aromatic heterocycles. The molecule has 0 aliphatic rings. The number of nitrogens with zero attached hydrogens (tertiary/aromatic N) is 1. The minimum absolute atomic E-state index is 0.0534. The Hall–Kier alpha value is -3.23. The number of rotatable bonds is 42. The van der Waals surface area contributed by atoms with E-state index < -0.39 is 18.1 Å². The van der Waals surface area contributed by atoms with Gasteiger partial charge in [-0.05, 0) is 64.2 Å². The van der Waals surface area contributed by atoms with Gasteiger partial charge in [-0.3, -0.25) is 9.59 Å². The van der Waals surface area contributed by atoms with Gasteiger partial charge in [-0.2, -0.15) is 0 Å². The molecule has 2 atom stereocenters. The molecule has 0 saturated carbocycles. The van der Waals surface area contributed by atoms with E-state index in [1.165, 1.54) is 83.5 Å². The highest BCUT2D eigenvalue weighted by Gasteiger charge is 2.31. The molecule has 0 aliphatic heterocycles. The third kappa shape index (κ3) is 40.2. The largest absolute Gasteiger partial charge is 0.477 e. The second-order valence-corrected chi connectivity index (χ2v) is 17.0. The van der Waals surface area contributed by atoms with Crippen LogP contribution in [0.4, 0.5) is 0 Å². The molecule has 0 heterocycles. The van der Waals surface area contributed by atoms with Gasteiger partial charge in [0.05, 0.1) is 34.4 Å². The van der Waals surface area contributed by atoms with Crippen molar-refractivity contribution in [2.24, 2.45) is 0 Å². The van der Waals surface area contributed by atoms with Gasteiger partial charge in [0, 0.05) is 19.3 Å². The fourth-order valence-electron chi connectivity index (χ4n) is 6.75. The molecule has 0 spiro atoms. The number of aliphatic carboxylic acids is 1. The first-order valence-corrected chi connectivity index (χ1v) is 24.0. The highest BCUT2D eigenvalue weighted by Crippen LogP contribution is 2.15. The predicted molar refractivity (Wildman–Crippen MR) is 252 cm³/mol. The third-order valence-corrected chi connectivity index (χ3v) is 10.4. The number of carbonyl (C=O) groups is 3. The normalized spacial score (nSPS) is 13.6. The fraction of sp³-hybridized carbons (Fsp3) is 0.712. The summed E-state index contributed by atoms with van der Waals surface area (Å²) in [5, 5.41) is 9.64. The molecular weight excluding hydrogens is 751 g/mol. The molecule has 344 valence electrons. The Balaban J connectivity index is 4.28. The molecule has 0 amide bonds. The molecule has 8 nitrogen and oxygen atoms in total. The van der Waals surface area contributed by atoms with E-state index in [0.717, 1.165) is 70.6 Å². The molecule has 0 fully saturated rings. The first-order chi connectivity index (χ1) is 29.1. The standard InChI is InChI=1S/C52H89NO7/c1-6-8-10-12-14-16-18-20-22-23-24-25-26-27-29-31-33-35-37-39-41-43-51(55)60-48(46-58-45-44-49(52(56)57)53(3,4)5)47-59-50(54)42-40-38-36-34-32-30-28-21-19-17-15-13-11-9-7-2/h8-11,13-17,19-20,22,48-49H,6-7,12,18,21,23-47H2,1-5H3/p+1/b10-8+,11-9+,15-13+,16-14+,19-17+,22-20+. The van der Waals surface area contributed by atoms with Gasteiger partial charge in [0.25, 0.3) is 0 Å². The number of unbranched alkanes of at least 4 members (excludes halogenated alkanes) is 18. The van der Waals surface area contributed by atoms with Crippen molar-refractivity contribution in [3.05, 3.63) is 72.9 Å². The van der Waals surface area contributed by atoms with Crippen molar-refractivity contribution in [2.75, 3.05) is 41.0 Å². The number of carboxylic acids is 1. The summed E-state index contributed by atoms with van der Waals surface area (Å²) in [4.78, 5) is 37.1. The number of carbonyl (C=O) groups excluding carboxylic acids is 2. The number of ether oxygens (including phenoxy) is 3. The molecular formula is C52H90NO7+. The maximum atomic E-state index is 12.8. The monoisotopic (exact) mass is 841 g/mol. The lowest BCUT2D eigenvalue weighted by molar-refractivity contribution is -0.887. The Bertz CT molecular complexity index is 1210. The lowest BCUT2D eigenvalue weighted by Crippen LogP contribution is -2.50. The molecule has 60 heavy (non-hydrogen) atoms. The van der Waals surface area contributed by atoms with Crippen LogP contribution < -0.4 is 0 Å². The molecule has 0 rings (SSSR count). The highest BCUT2D eigenvalue weighted by atomic mass is 16.6. The summed E-state index contributed by atoms with van der Waals surface area (Å²) in [6, 6.07) is -0.620. The molecule has 0 aliphatic carbocycles. The molecule has 0 saturated heterocycles. The van der Waals surface area contributed by atoms with Gasteiger partial charge in [0.15, 0.2) is 12.1 Å². The Morgan fingerprint density at radius 1 is 0.517 bits per heavy atom. The molecule has 0 bridgehead atoms. The van der Waals surface area contributed by atoms with Crippen LogP contribution in [0.1, 0.15) is 187 Å². The summed E-state index contributed by atoms with van der Waals surface area (Å²) in [6.07, 6.45) is 53.7. The maximum Gasteiger partial charge on any atom is 0.362 e. The number of likely N-dealkylation sites (N-methyl/N-ethyl adjacent to an activating group) is 1. The number of quaternary nitrogens is 1. The number of esters is 2. The molecule has 0 aromatic rings. The van der Waals surface area contributed by atoms with Gasteiger partial charge in [0.1, 0.15) is 6.61 Å². The zero-order valence-electron chi connectivity index (χ0n) is 39.1. The van der Waals surface area contributed by atoms with Crippen molar-refractivity contribution in [3.8, 4) is 0 Å². The Kier molecular flexibility index (Phi) is 40.2. The number of allylic oxidation sites excluding steroid dienone is 12. The van der Waals surface area contributed by atoms with Crippen LogP contribution in [0.15, 0.2) is 72.9 Å². The minimum Gasteiger partial charge on any atom is -0.477 e. The van der Waals surface area contributed by atoms with Crippen LogP contribution in [0.25, 0.3) is 0 Å². The maximum absolute atomic E-state index is 12.8.